The molecule has 266 valence electrons. The lowest BCUT2D eigenvalue weighted by atomic mass is 9.87. The summed E-state index contributed by atoms with van der Waals surface area (Å²) in [6.45, 7) is 4.79. The quantitative estimate of drug-likeness (QED) is 0.146. The molecule has 3 saturated heterocycles. The first kappa shape index (κ1) is 37.7. The van der Waals surface area contributed by atoms with Crippen molar-refractivity contribution in [1.82, 2.24) is 0 Å². The van der Waals surface area contributed by atoms with Crippen LogP contribution in [0.2, 0.25) is 0 Å². The van der Waals surface area contributed by atoms with E-state index >= 15 is 0 Å². The van der Waals surface area contributed by atoms with Crippen molar-refractivity contribution in [2.24, 2.45) is 22.1 Å². The number of aliphatic hydroxyl groups excluding tert-OH is 2. The van der Waals surface area contributed by atoms with Gasteiger partial charge in [-0.1, -0.05) is 61.3 Å². The Morgan fingerprint density at radius 3 is 2.08 bits per heavy atom. The molecular formula is C30H44N6O12. The Kier molecular flexibility index (Phi) is 13.8. The van der Waals surface area contributed by atoms with Crippen LogP contribution in [0.3, 0.4) is 0 Å². The molecule has 8 unspecified atom stereocenters. The summed E-state index contributed by atoms with van der Waals surface area (Å²) >= 11 is 0. The fourth-order valence-electron chi connectivity index (χ4n) is 6.51. The molecule has 48 heavy (non-hydrogen) atoms. The zero-order chi connectivity index (χ0) is 35.0. The number of hydrogen-bond acceptors (Lipinski definition) is 13. The SMILES string of the molecule is CCC1OC(OC)[C@@H](N=[N+]=[N-])[C@H](OCc2ccccc2)C1O[C@@H]1O[C@@H](C(=O)O)[C@@H](OC2OC(CO)C(OC)[C@H](C)[C@@H]2N=[N+]=[N-])C(C)C1O. The van der Waals surface area contributed by atoms with Crippen LogP contribution in [0.4, 0.5) is 0 Å². The van der Waals surface area contributed by atoms with Crippen LogP contribution in [0.25, 0.3) is 20.9 Å². The van der Waals surface area contributed by atoms with E-state index in [0.29, 0.717) is 6.42 Å². The van der Waals surface area contributed by atoms with E-state index in [1.54, 1.807) is 13.8 Å². The third kappa shape index (κ3) is 8.19. The minimum absolute atomic E-state index is 0.110. The van der Waals surface area contributed by atoms with Gasteiger partial charge in [0.1, 0.15) is 36.6 Å². The Labute approximate surface area is 277 Å². The van der Waals surface area contributed by atoms with Gasteiger partial charge in [-0.05, 0) is 29.0 Å². The molecule has 0 saturated carbocycles. The van der Waals surface area contributed by atoms with Crippen molar-refractivity contribution < 1.29 is 58.0 Å². The second-order valence-corrected chi connectivity index (χ2v) is 11.9. The summed E-state index contributed by atoms with van der Waals surface area (Å²) in [6, 6.07) is 7.29. The predicted molar refractivity (Wildman–Crippen MR) is 164 cm³/mol. The number of hydrogen-bond donors (Lipinski definition) is 3. The van der Waals surface area contributed by atoms with Crippen molar-refractivity contribution in [3.8, 4) is 0 Å². The number of carboxylic acids is 1. The largest absolute Gasteiger partial charge is 0.479 e. The van der Waals surface area contributed by atoms with Crippen LogP contribution in [0.1, 0.15) is 32.8 Å². The first-order valence-electron chi connectivity index (χ1n) is 15.7. The molecule has 4 rings (SSSR count). The molecule has 0 bridgehead atoms. The Morgan fingerprint density at radius 1 is 0.854 bits per heavy atom. The molecule has 3 aliphatic heterocycles. The van der Waals surface area contributed by atoms with Gasteiger partial charge in [-0.3, -0.25) is 0 Å². The number of aliphatic hydroxyl groups is 2. The van der Waals surface area contributed by atoms with Gasteiger partial charge in [0.15, 0.2) is 25.0 Å². The molecule has 0 radical (unpaired) electrons. The van der Waals surface area contributed by atoms with Crippen molar-refractivity contribution in [2.75, 3.05) is 20.8 Å². The fraction of sp³-hybridized carbons (Fsp3) is 0.767. The Bertz CT molecular complexity index is 1290. The molecule has 1 aromatic rings. The first-order valence-corrected chi connectivity index (χ1v) is 15.7. The van der Waals surface area contributed by atoms with Crippen molar-refractivity contribution in [1.29, 1.82) is 0 Å². The average Bonchev–Trinajstić information content (AvgIpc) is 3.09. The number of carbonyl (C=O) groups is 1. The molecule has 3 aliphatic rings. The number of carboxylic acid groups (broad SMARTS) is 1. The molecule has 3 heterocycles. The molecule has 3 N–H and O–H groups in total. The van der Waals surface area contributed by atoms with Gasteiger partial charge < -0.3 is 53.2 Å². The number of benzene rings is 1. The van der Waals surface area contributed by atoms with Gasteiger partial charge in [0.2, 0.25) is 0 Å². The molecule has 3 fully saturated rings. The lowest BCUT2D eigenvalue weighted by Crippen LogP contribution is -2.64. The first-order chi connectivity index (χ1) is 23.1. The van der Waals surface area contributed by atoms with Gasteiger partial charge >= 0.3 is 5.97 Å². The smallest absolute Gasteiger partial charge is 0.335 e. The number of ether oxygens (including phenoxy) is 8. The summed E-state index contributed by atoms with van der Waals surface area (Å²) < 4.78 is 47.5. The second-order valence-electron chi connectivity index (χ2n) is 11.9. The topological polar surface area (TPSA) is 249 Å². The van der Waals surface area contributed by atoms with Gasteiger partial charge in [0, 0.05) is 30.0 Å². The standard InChI is InChI=1S/C30H44N6O12/c1-6-17-24(25(20(34-36-32)28(42-5)44-17)43-13-16-10-8-7-9-11-16)47-30-21(38)15(3)23(26(48-30)27(39)40)46-29-19(33-35-31)14(2)22(41-4)18(12-37)45-29/h7-11,14-15,17-26,28-30,37-38H,6,12-13H2,1-5H3,(H,39,40)/t14-,15?,17?,18?,19+,20+,21?,22?,23+,24?,25+,26-,28?,29?,30-/m1/s1. The predicted octanol–water partition coefficient (Wildman–Crippen LogP) is 2.66. The number of rotatable bonds is 14. The van der Waals surface area contributed by atoms with E-state index in [1.165, 1.54) is 14.2 Å². The number of nitrogens with zero attached hydrogens (tertiary/aromatic N) is 6. The van der Waals surface area contributed by atoms with Crippen molar-refractivity contribution in [2.45, 2.75) is 114 Å². The molecule has 0 aliphatic carbocycles. The summed E-state index contributed by atoms with van der Waals surface area (Å²) in [6.07, 6.45) is -12.0. The Hall–Kier alpha value is -3.09. The summed E-state index contributed by atoms with van der Waals surface area (Å²) in [4.78, 5) is 18.5. The van der Waals surface area contributed by atoms with Crippen LogP contribution >= 0.6 is 0 Å². The molecule has 0 spiro atoms. The van der Waals surface area contributed by atoms with Crippen LogP contribution in [-0.4, -0.2) is 122 Å². The summed E-state index contributed by atoms with van der Waals surface area (Å²) in [5.41, 5.74) is 19.5. The number of azide groups is 2. The summed E-state index contributed by atoms with van der Waals surface area (Å²) in [5.74, 6) is -2.84. The van der Waals surface area contributed by atoms with Gasteiger partial charge in [0.05, 0.1) is 31.5 Å². The van der Waals surface area contributed by atoms with Crippen LogP contribution in [0.15, 0.2) is 40.6 Å². The van der Waals surface area contributed by atoms with Gasteiger partial charge in [-0.25, -0.2) is 4.79 Å². The second kappa shape index (κ2) is 17.5. The van der Waals surface area contributed by atoms with Crippen molar-refractivity contribution in [3.63, 3.8) is 0 Å². The molecule has 0 amide bonds. The highest BCUT2D eigenvalue weighted by Gasteiger charge is 2.54. The monoisotopic (exact) mass is 680 g/mol. The van der Waals surface area contributed by atoms with E-state index in [4.69, 9.17) is 37.9 Å². The van der Waals surface area contributed by atoms with Crippen LogP contribution in [0.5, 0.6) is 0 Å². The molecule has 18 heteroatoms. The third-order valence-electron chi connectivity index (χ3n) is 9.11. The maximum atomic E-state index is 12.6. The molecular weight excluding hydrogens is 636 g/mol. The van der Waals surface area contributed by atoms with E-state index in [-0.39, 0.29) is 6.61 Å². The lowest BCUT2D eigenvalue weighted by Gasteiger charge is -2.49. The van der Waals surface area contributed by atoms with E-state index in [1.807, 2.05) is 37.3 Å². The van der Waals surface area contributed by atoms with E-state index in [0.717, 1.165) is 5.56 Å². The highest BCUT2D eigenvalue weighted by atomic mass is 16.8. The summed E-state index contributed by atoms with van der Waals surface area (Å²) in [7, 11) is 2.83. The maximum absolute atomic E-state index is 12.6. The van der Waals surface area contributed by atoms with Crippen LogP contribution < -0.4 is 0 Å². The van der Waals surface area contributed by atoms with Gasteiger partial charge in [-0.15, -0.1) is 0 Å². The molecule has 18 nitrogen and oxygen atoms in total. The Morgan fingerprint density at radius 2 is 1.50 bits per heavy atom. The number of aliphatic carboxylic acids is 1. The Balaban J connectivity index is 1.60. The summed E-state index contributed by atoms with van der Waals surface area (Å²) in [5, 5.41) is 39.4. The van der Waals surface area contributed by atoms with Crippen LogP contribution in [0, 0.1) is 11.8 Å². The normalized spacial score (nSPS) is 39.9. The average molecular weight is 681 g/mol. The fourth-order valence-corrected chi connectivity index (χ4v) is 6.51. The minimum atomic E-state index is -1.68. The van der Waals surface area contributed by atoms with E-state index < -0.39 is 104 Å². The van der Waals surface area contributed by atoms with E-state index in [2.05, 4.69) is 20.1 Å². The van der Waals surface area contributed by atoms with Gasteiger partial charge in [0.25, 0.3) is 0 Å². The lowest BCUT2D eigenvalue weighted by molar-refractivity contribution is -0.353. The zero-order valence-electron chi connectivity index (χ0n) is 27.4. The molecule has 0 aromatic heterocycles. The van der Waals surface area contributed by atoms with Gasteiger partial charge in [-0.2, -0.15) is 0 Å². The highest BCUT2D eigenvalue weighted by molar-refractivity contribution is 5.73. The van der Waals surface area contributed by atoms with E-state index in [9.17, 15) is 31.2 Å². The van der Waals surface area contributed by atoms with Crippen molar-refractivity contribution in [3.05, 3.63) is 56.8 Å². The van der Waals surface area contributed by atoms with Crippen molar-refractivity contribution >= 4 is 5.97 Å². The highest BCUT2D eigenvalue weighted by Crippen LogP contribution is 2.38. The zero-order valence-corrected chi connectivity index (χ0v) is 27.4. The van der Waals surface area contributed by atoms with Crippen LogP contribution in [-0.2, 0) is 49.3 Å². The maximum Gasteiger partial charge on any atom is 0.335 e. The number of methoxy groups -OCH3 is 2. The molecule has 1 aromatic carbocycles. The third-order valence-corrected chi connectivity index (χ3v) is 9.11. The minimum Gasteiger partial charge on any atom is -0.479 e. The molecule has 15 atom stereocenters.